The van der Waals surface area contributed by atoms with E-state index in [0.29, 0.717) is 6.42 Å². The van der Waals surface area contributed by atoms with Crippen LogP contribution in [0.2, 0.25) is 0 Å². The molecule has 1 aromatic carbocycles. The second kappa shape index (κ2) is 5.96. The Bertz CT molecular complexity index is 477. The average molecular weight is 282 g/mol. The van der Waals surface area contributed by atoms with E-state index in [2.05, 4.69) is 0 Å². The van der Waals surface area contributed by atoms with Crippen LogP contribution in [0.4, 0.5) is 27.6 Å². The fourth-order valence-electron chi connectivity index (χ4n) is 1.37. The average Bonchev–Trinajstić information content (AvgIpc) is 2.39. The predicted molar refractivity (Wildman–Crippen MR) is 57.7 cm³/mol. The number of nitrogens with one attached hydrogen (secondary N) is 1. The minimum absolute atomic E-state index is 0.210. The summed E-state index contributed by atoms with van der Waals surface area (Å²) in [5.74, 6) is -11.8. The molecule has 3 nitrogen and oxygen atoms in total. The van der Waals surface area contributed by atoms with Crippen LogP contribution in [0.3, 0.4) is 0 Å². The number of benzene rings is 1. The monoisotopic (exact) mass is 282 g/mol. The summed E-state index contributed by atoms with van der Waals surface area (Å²) in [7, 11) is 0. The van der Waals surface area contributed by atoms with Gasteiger partial charge >= 0.3 is 0 Å². The molecule has 0 fully saturated rings. The molecule has 1 amide bonds. The standard InChI is InChI=1S/C11H11F5N2O/c1-2-3-4(17)11(19)18-10-8(15)6(13)5(12)7(14)9(10)16/h4H,2-3,17H2,1H3,(H,18,19). The molecule has 0 bridgehead atoms. The Morgan fingerprint density at radius 2 is 1.47 bits per heavy atom. The molecule has 19 heavy (non-hydrogen) atoms. The summed E-state index contributed by atoms with van der Waals surface area (Å²) in [5, 5.41) is 1.61. The summed E-state index contributed by atoms with van der Waals surface area (Å²) in [5.41, 5.74) is 3.97. The Hall–Kier alpha value is -1.70. The third-order valence-corrected chi connectivity index (χ3v) is 2.39. The van der Waals surface area contributed by atoms with Crippen LogP contribution >= 0.6 is 0 Å². The van der Waals surface area contributed by atoms with Gasteiger partial charge in [0.2, 0.25) is 11.7 Å². The Morgan fingerprint density at radius 3 is 1.89 bits per heavy atom. The summed E-state index contributed by atoms with van der Waals surface area (Å²) in [6.45, 7) is 1.71. The van der Waals surface area contributed by atoms with E-state index in [4.69, 9.17) is 5.73 Å². The molecular weight excluding hydrogens is 271 g/mol. The number of nitrogens with two attached hydrogens (primary N) is 1. The minimum Gasteiger partial charge on any atom is -0.320 e. The number of rotatable bonds is 4. The number of halogens is 5. The third kappa shape index (κ3) is 3.01. The molecule has 1 aromatic rings. The molecule has 0 heterocycles. The van der Waals surface area contributed by atoms with Crippen molar-refractivity contribution in [2.75, 3.05) is 5.32 Å². The number of amides is 1. The number of hydrogen-bond acceptors (Lipinski definition) is 2. The number of hydrogen-bond donors (Lipinski definition) is 2. The smallest absolute Gasteiger partial charge is 0.241 e. The summed E-state index contributed by atoms with van der Waals surface area (Å²) in [6.07, 6.45) is 0.729. The van der Waals surface area contributed by atoms with Crippen molar-refractivity contribution in [3.05, 3.63) is 29.1 Å². The Kier molecular flexibility index (Phi) is 4.82. The number of carbonyl (C=O) groups excluding carboxylic acids is 1. The van der Waals surface area contributed by atoms with Crippen LogP contribution in [0.5, 0.6) is 0 Å². The maximum absolute atomic E-state index is 13.2. The van der Waals surface area contributed by atoms with Gasteiger partial charge in [-0.05, 0) is 6.42 Å². The van der Waals surface area contributed by atoms with Crippen molar-refractivity contribution >= 4 is 11.6 Å². The van der Waals surface area contributed by atoms with Crippen molar-refractivity contribution in [3.8, 4) is 0 Å². The largest absolute Gasteiger partial charge is 0.320 e. The molecule has 0 radical (unpaired) electrons. The van der Waals surface area contributed by atoms with Gasteiger partial charge in [-0.15, -0.1) is 0 Å². The normalized spacial score (nSPS) is 12.4. The van der Waals surface area contributed by atoms with Crippen molar-refractivity contribution < 1.29 is 26.7 Å². The second-order valence-electron chi connectivity index (χ2n) is 3.83. The topological polar surface area (TPSA) is 55.1 Å². The van der Waals surface area contributed by atoms with E-state index in [-0.39, 0.29) is 6.42 Å². The SMILES string of the molecule is CCCC(N)C(=O)Nc1c(F)c(F)c(F)c(F)c1F. The van der Waals surface area contributed by atoms with Gasteiger partial charge in [-0.3, -0.25) is 4.79 Å². The van der Waals surface area contributed by atoms with Crippen molar-refractivity contribution in [1.82, 2.24) is 0 Å². The van der Waals surface area contributed by atoms with Gasteiger partial charge in [0.05, 0.1) is 6.04 Å². The summed E-state index contributed by atoms with van der Waals surface area (Å²) >= 11 is 0. The molecule has 1 atom stereocenters. The highest BCUT2D eigenvalue weighted by Crippen LogP contribution is 2.27. The summed E-state index contributed by atoms with van der Waals surface area (Å²) in [6, 6.07) is -1.10. The van der Waals surface area contributed by atoms with Gasteiger partial charge in [-0.1, -0.05) is 13.3 Å². The van der Waals surface area contributed by atoms with E-state index in [0.717, 1.165) is 0 Å². The molecule has 0 aromatic heterocycles. The number of anilines is 1. The van der Waals surface area contributed by atoms with Crippen molar-refractivity contribution in [2.24, 2.45) is 5.73 Å². The molecular formula is C11H11F5N2O. The van der Waals surface area contributed by atoms with Gasteiger partial charge in [-0.25, -0.2) is 22.0 Å². The Labute approximate surface area is 105 Å². The van der Waals surface area contributed by atoms with E-state index in [1.165, 1.54) is 0 Å². The van der Waals surface area contributed by atoms with Gasteiger partial charge in [0.1, 0.15) is 5.69 Å². The van der Waals surface area contributed by atoms with Crippen LogP contribution in [-0.2, 0) is 4.79 Å². The Morgan fingerprint density at radius 1 is 1.05 bits per heavy atom. The van der Waals surface area contributed by atoms with Gasteiger partial charge in [0.25, 0.3) is 0 Å². The third-order valence-electron chi connectivity index (χ3n) is 2.39. The molecule has 1 rings (SSSR count). The lowest BCUT2D eigenvalue weighted by Gasteiger charge is -2.13. The lowest BCUT2D eigenvalue weighted by atomic mass is 10.1. The first-order chi connectivity index (χ1) is 8.81. The summed E-state index contributed by atoms with van der Waals surface area (Å²) < 4.78 is 64.9. The van der Waals surface area contributed by atoms with E-state index in [9.17, 15) is 26.7 Å². The fraction of sp³-hybridized carbons (Fsp3) is 0.364. The lowest BCUT2D eigenvalue weighted by Crippen LogP contribution is -2.36. The molecule has 0 aliphatic carbocycles. The maximum atomic E-state index is 13.2. The molecule has 0 saturated heterocycles. The van der Waals surface area contributed by atoms with E-state index < -0.39 is 46.7 Å². The van der Waals surface area contributed by atoms with E-state index >= 15 is 0 Å². The highest BCUT2D eigenvalue weighted by atomic mass is 19.2. The van der Waals surface area contributed by atoms with Gasteiger partial charge in [0, 0.05) is 0 Å². The van der Waals surface area contributed by atoms with Gasteiger partial charge in [-0.2, -0.15) is 0 Å². The minimum atomic E-state index is -2.29. The highest BCUT2D eigenvalue weighted by Gasteiger charge is 2.27. The Balaban J connectivity index is 3.12. The van der Waals surface area contributed by atoms with Gasteiger partial charge in [0.15, 0.2) is 23.3 Å². The second-order valence-corrected chi connectivity index (χ2v) is 3.83. The van der Waals surface area contributed by atoms with Crippen LogP contribution in [0, 0.1) is 29.1 Å². The maximum Gasteiger partial charge on any atom is 0.241 e. The van der Waals surface area contributed by atoms with E-state index in [1.807, 2.05) is 0 Å². The molecule has 8 heteroatoms. The van der Waals surface area contributed by atoms with Crippen LogP contribution in [0.1, 0.15) is 19.8 Å². The van der Waals surface area contributed by atoms with Crippen LogP contribution < -0.4 is 11.1 Å². The highest BCUT2D eigenvalue weighted by molar-refractivity contribution is 5.94. The molecule has 0 saturated carbocycles. The van der Waals surface area contributed by atoms with Crippen LogP contribution in [0.25, 0.3) is 0 Å². The lowest BCUT2D eigenvalue weighted by molar-refractivity contribution is -0.117. The first kappa shape index (κ1) is 15.4. The number of carbonyl (C=O) groups is 1. The molecule has 0 spiro atoms. The zero-order chi connectivity index (χ0) is 14.7. The zero-order valence-electron chi connectivity index (χ0n) is 9.87. The van der Waals surface area contributed by atoms with Gasteiger partial charge < -0.3 is 11.1 Å². The molecule has 0 aliphatic rings. The molecule has 3 N–H and O–H groups in total. The van der Waals surface area contributed by atoms with Crippen LogP contribution in [-0.4, -0.2) is 11.9 Å². The van der Waals surface area contributed by atoms with Crippen molar-refractivity contribution in [1.29, 1.82) is 0 Å². The first-order valence-electron chi connectivity index (χ1n) is 5.39. The van der Waals surface area contributed by atoms with Crippen molar-refractivity contribution in [3.63, 3.8) is 0 Å². The zero-order valence-corrected chi connectivity index (χ0v) is 9.87. The predicted octanol–water partition coefficient (Wildman–Crippen LogP) is 2.45. The summed E-state index contributed by atoms with van der Waals surface area (Å²) in [4.78, 5) is 11.4. The van der Waals surface area contributed by atoms with Crippen molar-refractivity contribution in [2.45, 2.75) is 25.8 Å². The quantitative estimate of drug-likeness (QED) is 0.506. The fourth-order valence-corrected chi connectivity index (χ4v) is 1.37. The molecule has 106 valence electrons. The first-order valence-corrected chi connectivity index (χ1v) is 5.39. The van der Waals surface area contributed by atoms with Crippen LogP contribution in [0.15, 0.2) is 0 Å². The molecule has 1 unspecified atom stereocenters. The molecule has 0 aliphatic heterocycles. The van der Waals surface area contributed by atoms with E-state index in [1.54, 1.807) is 12.2 Å².